The van der Waals surface area contributed by atoms with Crippen molar-refractivity contribution in [3.8, 4) is 5.75 Å². The van der Waals surface area contributed by atoms with Crippen LogP contribution < -0.4 is 14.4 Å². The summed E-state index contributed by atoms with van der Waals surface area (Å²) in [5, 5.41) is 3.71. The number of methoxy groups -OCH3 is 1. The van der Waals surface area contributed by atoms with Gasteiger partial charge in [-0.2, -0.15) is 0 Å². The topological polar surface area (TPSA) is 88.6 Å². The zero-order chi connectivity index (χ0) is 20.8. The molecule has 2 heterocycles. The van der Waals surface area contributed by atoms with Gasteiger partial charge in [0.05, 0.1) is 35.8 Å². The molecular formula is C21H21N3O4S. The zero-order valence-electron chi connectivity index (χ0n) is 16.4. The molecule has 4 rings (SSSR count). The first kappa shape index (κ1) is 19.2. The second kappa shape index (κ2) is 7.04. The fourth-order valence-electron chi connectivity index (χ4n) is 3.60. The molecule has 3 aromatic rings. The quantitative estimate of drug-likeness (QED) is 0.713. The second-order valence-corrected chi connectivity index (χ2v) is 8.97. The average Bonchev–Trinajstić information content (AvgIpc) is 3.10. The molecule has 1 aliphatic heterocycles. The Morgan fingerprint density at radius 1 is 1.17 bits per heavy atom. The highest BCUT2D eigenvalue weighted by Gasteiger charge is 2.26. The van der Waals surface area contributed by atoms with Gasteiger partial charge >= 0.3 is 0 Å². The Hall–Kier alpha value is -3.13. The summed E-state index contributed by atoms with van der Waals surface area (Å²) in [4.78, 5) is 17.4. The van der Waals surface area contributed by atoms with Gasteiger partial charge in [-0.1, -0.05) is 0 Å². The summed E-state index contributed by atoms with van der Waals surface area (Å²) >= 11 is 0. The van der Waals surface area contributed by atoms with Crippen LogP contribution in [0.3, 0.4) is 0 Å². The molecular weight excluding hydrogens is 390 g/mol. The third-order valence-corrected chi connectivity index (χ3v) is 6.23. The van der Waals surface area contributed by atoms with E-state index in [1.807, 2.05) is 24.3 Å². The Bertz CT molecular complexity index is 1240. The molecule has 1 aromatic heterocycles. The number of rotatable bonds is 4. The van der Waals surface area contributed by atoms with Gasteiger partial charge in [0.15, 0.2) is 0 Å². The van der Waals surface area contributed by atoms with E-state index in [0.29, 0.717) is 41.3 Å². The van der Waals surface area contributed by atoms with Crippen LogP contribution in [-0.4, -0.2) is 39.2 Å². The van der Waals surface area contributed by atoms with E-state index < -0.39 is 10.0 Å². The fraction of sp³-hybridized carbons (Fsp3) is 0.238. The van der Waals surface area contributed by atoms with E-state index in [1.165, 1.54) is 10.6 Å². The van der Waals surface area contributed by atoms with Gasteiger partial charge < -0.3 is 10.1 Å². The number of hydrogen-bond donors (Lipinski definition) is 1. The average molecular weight is 411 g/mol. The summed E-state index contributed by atoms with van der Waals surface area (Å²) in [6, 6.07) is 12.6. The van der Waals surface area contributed by atoms with Crippen molar-refractivity contribution < 1.29 is 17.9 Å². The Balaban J connectivity index is 1.62. The molecule has 0 bridgehead atoms. The second-order valence-electron chi connectivity index (χ2n) is 7.06. The molecule has 0 aliphatic carbocycles. The van der Waals surface area contributed by atoms with E-state index in [1.54, 1.807) is 32.2 Å². The minimum Gasteiger partial charge on any atom is -0.497 e. The van der Waals surface area contributed by atoms with Gasteiger partial charge in [0, 0.05) is 17.6 Å². The lowest BCUT2D eigenvalue weighted by Gasteiger charge is -2.16. The number of ether oxygens (including phenoxy) is 1. The molecule has 1 N–H and O–H groups in total. The Labute approximate surface area is 169 Å². The van der Waals surface area contributed by atoms with E-state index in [-0.39, 0.29) is 5.91 Å². The normalized spacial score (nSPS) is 13.4. The van der Waals surface area contributed by atoms with Crippen molar-refractivity contribution in [1.29, 1.82) is 0 Å². The van der Waals surface area contributed by atoms with Gasteiger partial charge in [0.1, 0.15) is 5.75 Å². The van der Waals surface area contributed by atoms with Crippen LogP contribution in [0.25, 0.3) is 10.9 Å². The summed E-state index contributed by atoms with van der Waals surface area (Å²) in [6.45, 7) is 2.21. The van der Waals surface area contributed by atoms with Gasteiger partial charge in [-0.25, -0.2) is 8.42 Å². The number of hydrogen-bond acceptors (Lipinski definition) is 5. The van der Waals surface area contributed by atoms with Crippen molar-refractivity contribution in [1.82, 2.24) is 4.98 Å². The number of nitrogens with one attached hydrogen (secondary N) is 1. The number of carbonyl (C=O) groups is 1. The van der Waals surface area contributed by atoms with Gasteiger partial charge in [-0.3, -0.25) is 14.1 Å². The maximum Gasteiger partial charge on any atom is 0.257 e. The van der Waals surface area contributed by atoms with E-state index >= 15 is 0 Å². The first-order valence-corrected chi connectivity index (χ1v) is 11.0. The maximum absolute atomic E-state index is 12.9. The lowest BCUT2D eigenvalue weighted by Crippen LogP contribution is -2.27. The van der Waals surface area contributed by atoms with Crippen molar-refractivity contribution in [2.24, 2.45) is 0 Å². The van der Waals surface area contributed by atoms with Crippen LogP contribution >= 0.6 is 0 Å². The van der Waals surface area contributed by atoms with Crippen LogP contribution in [0, 0.1) is 6.92 Å². The number of anilines is 2. The van der Waals surface area contributed by atoms with Crippen LogP contribution in [0.15, 0.2) is 42.5 Å². The third kappa shape index (κ3) is 3.63. The Kier molecular flexibility index (Phi) is 4.66. The van der Waals surface area contributed by atoms with Gasteiger partial charge in [-0.05, 0) is 61.4 Å². The van der Waals surface area contributed by atoms with Crippen LogP contribution in [0.4, 0.5) is 11.4 Å². The number of pyridine rings is 1. The Morgan fingerprint density at radius 2 is 1.97 bits per heavy atom. The lowest BCUT2D eigenvalue weighted by atomic mass is 10.1. The van der Waals surface area contributed by atoms with Crippen LogP contribution in [-0.2, 0) is 16.4 Å². The van der Waals surface area contributed by atoms with Gasteiger partial charge in [-0.15, -0.1) is 0 Å². The number of carbonyl (C=O) groups excluding carboxylic acids is 1. The monoisotopic (exact) mass is 411 g/mol. The number of amides is 1. The third-order valence-electron chi connectivity index (χ3n) is 5.05. The van der Waals surface area contributed by atoms with Crippen molar-refractivity contribution >= 4 is 38.2 Å². The Morgan fingerprint density at radius 3 is 2.69 bits per heavy atom. The van der Waals surface area contributed by atoms with Gasteiger partial charge in [0.25, 0.3) is 5.91 Å². The number of aryl methyl sites for hydroxylation is 1. The van der Waals surface area contributed by atoms with Crippen LogP contribution in [0.1, 0.15) is 21.6 Å². The van der Waals surface area contributed by atoms with E-state index in [4.69, 9.17) is 4.74 Å². The molecule has 29 heavy (non-hydrogen) atoms. The summed E-state index contributed by atoms with van der Waals surface area (Å²) in [5.74, 6) is 0.432. The molecule has 0 saturated heterocycles. The minimum absolute atomic E-state index is 0.266. The van der Waals surface area contributed by atoms with E-state index in [2.05, 4.69) is 10.3 Å². The molecule has 0 saturated carbocycles. The molecule has 0 radical (unpaired) electrons. The number of aromatic nitrogens is 1. The molecule has 0 unspecified atom stereocenters. The molecule has 8 heteroatoms. The molecule has 0 atom stereocenters. The SMILES string of the molecule is COc1ccc2nc(C)c(C(=O)Nc3ccc4c(c3)CCN4S(C)(=O)=O)cc2c1. The van der Waals surface area contributed by atoms with Crippen molar-refractivity contribution in [2.45, 2.75) is 13.3 Å². The number of fused-ring (bicyclic) bond motifs is 2. The minimum atomic E-state index is -3.30. The van der Waals surface area contributed by atoms with E-state index in [9.17, 15) is 13.2 Å². The van der Waals surface area contributed by atoms with Gasteiger partial charge in [0.2, 0.25) is 10.0 Å². The molecule has 0 fully saturated rings. The maximum atomic E-state index is 12.9. The molecule has 0 spiro atoms. The smallest absolute Gasteiger partial charge is 0.257 e. The molecule has 1 aliphatic rings. The molecule has 150 valence electrons. The summed E-state index contributed by atoms with van der Waals surface area (Å²) in [5.41, 5.74) is 4.08. The summed E-state index contributed by atoms with van der Waals surface area (Å²) in [7, 11) is -1.71. The van der Waals surface area contributed by atoms with Crippen LogP contribution in [0.2, 0.25) is 0 Å². The standard InChI is InChI=1S/C21H21N3O4S/c1-13-18(12-15-11-17(28-2)5-6-19(15)22-13)21(25)23-16-4-7-20-14(10-16)8-9-24(20)29(3,26)27/h4-7,10-12H,8-9H2,1-3H3,(H,23,25). The molecule has 7 nitrogen and oxygen atoms in total. The molecule has 1 amide bonds. The molecule has 2 aromatic carbocycles. The van der Waals surface area contributed by atoms with E-state index in [0.717, 1.165) is 16.5 Å². The number of nitrogens with zero attached hydrogens (tertiary/aromatic N) is 2. The predicted octanol–water partition coefficient (Wildman–Crippen LogP) is 3.13. The van der Waals surface area contributed by atoms with Crippen molar-refractivity contribution in [2.75, 3.05) is 29.5 Å². The highest BCUT2D eigenvalue weighted by atomic mass is 32.2. The lowest BCUT2D eigenvalue weighted by molar-refractivity contribution is 0.102. The first-order valence-electron chi connectivity index (χ1n) is 9.13. The fourth-order valence-corrected chi connectivity index (χ4v) is 4.56. The van der Waals surface area contributed by atoms with Crippen molar-refractivity contribution in [3.63, 3.8) is 0 Å². The highest BCUT2D eigenvalue weighted by molar-refractivity contribution is 7.92. The number of sulfonamides is 1. The summed E-state index contributed by atoms with van der Waals surface area (Å²) < 4.78 is 30.4. The predicted molar refractivity (Wildman–Crippen MR) is 113 cm³/mol. The summed E-state index contributed by atoms with van der Waals surface area (Å²) in [6.07, 6.45) is 1.81. The first-order chi connectivity index (χ1) is 13.8. The number of benzene rings is 2. The van der Waals surface area contributed by atoms with Crippen LogP contribution in [0.5, 0.6) is 5.75 Å². The highest BCUT2D eigenvalue weighted by Crippen LogP contribution is 2.32. The zero-order valence-corrected chi connectivity index (χ0v) is 17.2. The van der Waals surface area contributed by atoms with Crippen molar-refractivity contribution in [3.05, 3.63) is 59.3 Å². The largest absolute Gasteiger partial charge is 0.497 e.